The lowest BCUT2D eigenvalue weighted by molar-refractivity contribution is 2.47. The van der Waals surface area contributed by atoms with E-state index in [1.54, 1.807) is 0 Å². The van der Waals surface area contributed by atoms with Crippen molar-refractivity contribution in [2.45, 2.75) is 0 Å². The summed E-state index contributed by atoms with van der Waals surface area (Å²) in [6, 6.07) is 0. The standard InChI is InChI=1S/C2H3BrClP/c3-2(5)1-4/h1H,5H2. The number of halogens is 2. The molecule has 3 heteroatoms. The third kappa shape index (κ3) is 4.94. The van der Waals surface area contributed by atoms with E-state index in [9.17, 15) is 0 Å². The Kier molecular flexibility index (Phi) is 3.73. The first-order valence-electron chi connectivity index (χ1n) is 0.985. The molecule has 0 N–H and O–H groups in total. The van der Waals surface area contributed by atoms with Gasteiger partial charge < -0.3 is 0 Å². The van der Waals surface area contributed by atoms with Gasteiger partial charge in [0.2, 0.25) is 0 Å². The van der Waals surface area contributed by atoms with Crippen molar-refractivity contribution in [1.82, 2.24) is 0 Å². The molecule has 0 heterocycles. The van der Waals surface area contributed by atoms with Crippen LogP contribution in [0.4, 0.5) is 0 Å². The number of rotatable bonds is 0. The minimum absolute atomic E-state index is 0.874. The van der Waals surface area contributed by atoms with Crippen LogP contribution in [0.2, 0.25) is 0 Å². The average molecular weight is 173 g/mol. The van der Waals surface area contributed by atoms with Crippen molar-refractivity contribution in [3.05, 3.63) is 9.76 Å². The van der Waals surface area contributed by atoms with Crippen molar-refractivity contribution >= 4 is 36.8 Å². The van der Waals surface area contributed by atoms with E-state index in [4.69, 9.17) is 11.6 Å². The van der Waals surface area contributed by atoms with Crippen LogP contribution in [0.25, 0.3) is 0 Å². The molecule has 0 spiro atoms. The van der Waals surface area contributed by atoms with Crippen LogP contribution in [0.15, 0.2) is 9.76 Å². The summed E-state index contributed by atoms with van der Waals surface area (Å²) in [5.74, 6) is 0. The van der Waals surface area contributed by atoms with Crippen LogP contribution in [0, 0.1) is 0 Å². The Labute approximate surface area is 46.9 Å². The maximum absolute atomic E-state index is 5.11. The Morgan fingerprint density at radius 3 is 2.20 bits per heavy atom. The van der Waals surface area contributed by atoms with Gasteiger partial charge >= 0.3 is 0 Å². The topological polar surface area (TPSA) is 0 Å². The summed E-state index contributed by atoms with van der Waals surface area (Å²) in [4.78, 5) is 0. The van der Waals surface area contributed by atoms with Gasteiger partial charge in [0.1, 0.15) is 0 Å². The zero-order valence-electron chi connectivity index (χ0n) is 2.41. The molecule has 0 aromatic rings. The maximum Gasteiger partial charge on any atom is 0.0236 e. The van der Waals surface area contributed by atoms with Crippen molar-refractivity contribution in [2.75, 3.05) is 0 Å². The van der Waals surface area contributed by atoms with E-state index in [-0.39, 0.29) is 0 Å². The smallest absolute Gasteiger partial charge is 0.0236 e. The Morgan fingerprint density at radius 1 is 2.00 bits per heavy atom. The molecule has 5 heavy (non-hydrogen) atoms. The van der Waals surface area contributed by atoms with Gasteiger partial charge in [0.05, 0.1) is 0 Å². The van der Waals surface area contributed by atoms with Crippen LogP contribution in [-0.2, 0) is 0 Å². The van der Waals surface area contributed by atoms with Crippen LogP contribution in [0.1, 0.15) is 0 Å². The summed E-state index contributed by atoms with van der Waals surface area (Å²) in [6.45, 7) is 0. The van der Waals surface area contributed by atoms with Gasteiger partial charge in [0.25, 0.3) is 0 Å². The van der Waals surface area contributed by atoms with Crippen molar-refractivity contribution in [1.29, 1.82) is 0 Å². The van der Waals surface area contributed by atoms with Crippen LogP contribution in [0.3, 0.4) is 0 Å². The molecule has 0 saturated heterocycles. The van der Waals surface area contributed by atoms with Crippen LogP contribution in [-0.4, -0.2) is 0 Å². The normalized spacial score (nSPS) is 12.2. The van der Waals surface area contributed by atoms with Gasteiger partial charge in [0, 0.05) is 9.76 Å². The molecule has 0 aromatic heterocycles. The first-order chi connectivity index (χ1) is 2.27. The molecule has 30 valence electrons. The molecule has 0 saturated carbocycles. The van der Waals surface area contributed by atoms with Crippen molar-refractivity contribution < 1.29 is 0 Å². The summed E-state index contributed by atoms with van der Waals surface area (Å²) in [5.41, 5.74) is 1.44. The van der Waals surface area contributed by atoms with E-state index in [1.807, 2.05) is 0 Å². The van der Waals surface area contributed by atoms with E-state index in [1.165, 1.54) is 5.54 Å². The summed E-state index contributed by atoms with van der Waals surface area (Å²) < 4.78 is 0.874. The Balaban J connectivity index is 3.14. The zero-order chi connectivity index (χ0) is 4.28. The first kappa shape index (κ1) is 5.94. The summed E-state index contributed by atoms with van der Waals surface area (Å²) in [7, 11) is 2.38. The Hall–Kier alpha value is 0.940. The SMILES string of the molecule is PC(Br)=CCl. The molecule has 0 fully saturated rings. The second kappa shape index (κ2) is 3.14. The Bertz CT molecular complexity index is 47.6. The summed E-state index contributed by atoms with van der Waals surface area (Å²) >= 11 is 8.17. The molecule has 0 rings (SSSR count). The minimum Gasteiger partial charge on any atom is -0.0970 e. The molecular formula is C2H3BrClP. The van der Waals surface area contributed by atoms with Crippen LogP contribution >= 0.6 is 36.8 Å². The highest BCUT2D eigenvalue weighted by Gasteiger charge is 1.65. The molecule has 0 aliphatic heterocycles. The molecule has 1 unspecified atom stereocenters. The Morgan fingerprint density at radius 2 is 2.20 bits per heavy atom. The van der Waals surface area contributed by atoms with Crippen molar-refractivity contribution in [3.63, 3.8) is 0 Å². The molecule has 0 amide bonds. The minimum atomic E-state index is 0.874. The van der Waals surface area contributed by atoms with E-state index in [0.29, 0.717) is 0 Å². The number of hydrogen-bond acceptors (Lipinski definition) is 0. The van der Waals surface area contributed by atoms with Gasteiger partial charge in [-0.15, -0.1) is 0 Å². The van der Waals surface area contributed by atoms with Crippen molar-refractivity contribution in [3.8, 4) is 0 Å². The molecular weight excluding hydrogens is 170 g/mol. The maximum atomic E-state index is 5.11. The van der Waals surface area contributed by atoms with E-state index < -0.39 is 0 Å². The second-order valence-electron chi connectivity index (χ2n) is 0.494. The van der Waals surface area contributed by atoms with Gasteiger partial charge in [-0.3, -0.25) is 0 Å². The van der Waals surface area contributed by atoms with Gasteiger partial charge in [0.15, 0.2) is 0 Å². The fourth-order valence-electron chi connectivity index (χ4n) is 0. The average Bonchev–Trinajstić information content (AvgIpc) is 1.38. The predicted molar refractivity (Wildman–Crippen MR) is 32.6 cm³/mol. The summed E-state index contributed by atoms with van der Waals surface area (Å²) in [6.07, 6.45) is 0. The molecule has 0 radical (unpaired) electrons. The van der Waals surface area contributed by atoms with Crippen LogP contribution in [0.5, 0.6) is 0 Å². The third-order valence-electron chi connectivity index (χ3n) is 0.104. The fourth-order valence-corrected chi connectivity index (χ4v) is 0. The zero-order valence-corrected chi connectivity index (χ0v) is 5.91. The predicted octanol–water partition coefficient (Wildman–Crippen LogP) is 2.29. The van der Waals surface area contributed by atoms with Gasteiger partial charge in [-0.2, -0.15) is 0 Å². The highest BCUT2D eigenvalue weighted by Crippen LogP contribution is 2.13. The molecule has 0 aromatic carbocycles. The lowest BCUT2D eigenvalue weighted by Crippen LogP contribution is -1.30. The molecule has 1 atom stereocenters. The molecule has 0 aliphatic carbocycles. The monoisotopic (exact) mass is 172 g/mol. The van der Waals surface area contributed by atoms with Gasteiger partial charge in [-0.05, 0) is 15.9 Å². The molecule has 0 nitrogen and oxygen atoms in total. The molecule has 0 aliphatic rings. The lowest BCUT2D eigenvalue weighted by Gasteiger charge is -1.68. The van der Waals surface area contributed by atoms with E-state index in [2.05, 4.69) is 25.2 Å². The van der Waals surface area contributed by atoms with Gasteiger partial charge in [-0.1, -0.05) is 20.8 Å². The highest BCUT2D eigenvalue weighted by atomic mass is 79.9. The van der Waals surface area contributed by atoms with Crippen LogP contribution < -0.4 is 0 Å². The number of hydrogen-bond donors (Lipinski definition) is 0. The first-order valence-corrected chi connectivity index (χ1v) is 2.79. The molecule has 0 bridgehead atoms. The quantitative estimate of drug-likeness (QED) is 0.493. The lowest BCUT2D eigenvalue weighted by atomic mass is 11.3. The highest BCUT2D eigenvalue weighted by molar-refractivity contribution is 9.12. The fraction of sp³-hybridized carbons (Fsp3) is 0. The van der Waals surface area contributed by atoms with Crippen molar-refractivity contribution in [2.24, 2.45) is 0 Å². The third-order valence-corrected chi connectivity index (χ3v) is 1.21. The van der Waals surface area contributed by atoms with E-state index in [0.717, 1.165) is 4.22 Å². The second-order valence-corrected chi connectivity index (χ2v) is 3.10. The van der Waals surface area contributed by atoms with E-state index >= 15 is 0 Å². The largest absolute Gasteiger partial charge is 0.0970 e. The summed E-state index contributed by atoms with van der Waals surface area (Å²) in [5, 5.41) is 0. The van der Waals surface area contributed by atoms with Gasteiger partial charge in [-0.25, -0.2) is 0 Å².